The van der Waals surface area contributed by atoms with Gasteiger partial charge >= 0.3 is 0 Å². The topological polar surface area (TPSA) is 33.2 Å². The third-order valence-electron chi connectivity index (χ3n) is 2.62. The van der Waals surface area contributed by atoms with Crippen molar-refractivity contribution in [2.75, 3.05) is 18.9 Å². The smallest absolute Gasteiger partial charge is 0.253 e. The number of carbonyl (C=O) groups is 1. The van der Waals surface area contributed by atoms with Crippen LogP contribution in [0.1, 0.15) is 10.4 Å². The Morgan fingerprint density at radius 3 is 3.00 bits per heavy atom. The van der Waals surface area contributed by atoms with Crippen LogP contribution in [0, 0.1) is 0 Å². The van der Waals surface area contributed by atoms with E-state index in [4.69, 9.17) is 0 Å². The maximum atomic E-state index is 12.1. The maximum absolute atomic E-state index is 12.1. The highest BCUT2D eigenvalue weighted by molar-refractivity contribution is 9.09. The molecule has 0 bridgehead atoms. The van der Waals surface area contributed by atoms with Crippen molar-refractivity contribution in [3.8, 4) is 0 Å². The van der Waals surface area contributed by atoms with Gasteiger partial charge < -0.3 is 4.90 Å². The minimum Gasteiger partial charge on any atom is -0.341 e. The van der Waals surface area contributed by atoms with Crippen molar-refractivity contribution in [1.29, 1.82) is 0 Å². The Morgan fingerprint density at radius 1 is 1.41 bits per heavy atom. The van der Waals surface area contributed by atoms with Gasteiger partial charge in [-0.25, -0.2) is 0 Å². The SMILES string of the molecule is CN(CCBr)C(=O)c1ccc2ncccc2c1. The zero-order valence-corrected chi connectivity index (χ0v) is 11.1. The molecule has 0 aliphatic rings. The van der Waals surface area contributed by atoms with Gasteiger partial charge in [-0.3, -0.25) is 9.78 Å². The molecule has 0 aliphatic heterocycles. The number of pyridine rings is 1. The quantitative estimate of drug-likeness (QED) is 0.815. The summed E-state index contributed by atoms with van der Waals surface area (Å²) in [5.74, 6) is 0.0372. The molecule has 2 aromatic rings. The summed E-state index contributed by atoms with van der Waals surface area (Å²) in [6.07, 6.45) is 1.75. The lowest BCUT2D eigenvalue weighted by atomic mass is 10.1. The molecule has 0 atom stereocenters. The first-order valence-corrected chi connectivity index (χ1v) is 6.51. The number of hydrogen-bond acceptors (Lipinski definition) is 2. The molecule has 17 heavy (non-hydrogen) atoms. The van der Waals surface area contributed by atoms with Gasteiger partial charge in [-0.15, -0.1) is 0 Å². The Morgan fingerprint density at radius 2 is 2.24 bits per heavy atom. The van der Waals surface area contributed by atoms with Crippen LogP contribution in [0.2, 0.25) is 0 Å². The van der Waals surface area contributed by atoms with E-state index < -0.39 is 0 Å². The van der Waals surface area contributed by atoms with Crippen molar-refractivity contribution < 1.29 is 4.79 Å². The van der Waals surface area contributed by atoms with Gasteiger partial charge in [0.25, 0.3) is 5.91 Å². The monoisotopic (exact) mass is 292 g/mol. The van der Waals surface area contributed by atoms with E-state index in [0.29, 0.717) is 12.1 Å². The number of alkyl halides is 1. The highest BCUT2D eigenvalue weighted by atomic mass is 79.9. The van der Waals surface area contributed by atoms with Crippen LogP contribution in [-0.2, 0) is 0 Å². The first-order valence-electron chi connectivity index (χ1n) is 5.38. The van der Waals surface area contributed by atoms with Crippen LogP contribution in [0.3, 0.4) is 0 Å². The van der Waals surface area contributed by atoms with Crippen molar-refractivity contribution in [2.24, 2.45) is 0 Å². The van der Waals surface area contributed by atoms with Crippen molar-refractivity contribution in [2.45, 2.75) is 0 Å². The Bertz CT molecular complexity index is 542. The molecule has 2 rings (SSSR count). The second-order valence-corrected chi connectivity index (χ2v) is 4.62. The van der Waals surface area contributed by atoms with Crippen molar-refractivity contribution >= 4 is 32.7 Å². The molecular formula is C13H13BrN2O. The second-order valence-electron chi connectivity index (χ2n) is 3.83. The second kappa shape index (κ2) is 5.27. The fourth-order valence-corrected chi connectivity index (χ4v) is 2.19. The van der Waals surface area contributed by atoms with Crippen molar-refractivity contribution in [3.05, 3.63) is 42.1 Å². The van der Waals surface area contributed by atoms with E-state index in [-0.39, 0.29) is 5.91 Å². The average molecular weight is 293 g/mol. The van der Waals surface area contributed by atoms with Crippen LogP contribution in [0.5, 0.6) is 0 Å². The minimum absolute atomic E-state index is 0.0372. The summed E-state index contributed by atoms with van der Waals surface area (Å²) in [7, 11) is 1.80. The molecule has 0 fully saturated rings. The summed E-state index contributed by atoms with van der Waals surface area (Å²) in [6, 6.07) is 9.42. The Kier molecular flexibility index (Phi) is 3.74. The first kappa shape index (κ1) is 12.0. The van der Waals surface area contributed by atoms with E-state index >= 15 is 0 Å². The number of fused-ring (bicyclic) bond motifs is 1. The fraction of sp³-hybridized carbons (Fsp3) is 0.231. The van der Waals surface area contributed by atoms with Gasteiger partial charge in [0, 0.05) is 36.1 Å². The van der Waals surface area contributed by atoms with Gasteiger partial charge in [0.15, 0.2) is 0 Å². The lowest BCUT2D eigenvalue weighted by Gasteiger charge is -2.15. The number of benzene rings is 1. The minimum atomic E-state index is 0.0372. The molecular weight excluding hydrogens is 280 g/mol. The number of nitrogens with zero attached hydrogens (tertiary/aromatic N) is 2. The third-order valence-corrected chi connectivity index (χ3v) is 2.97. The van der Waals surface area contributed by atoms with Crippen molar-refractivity contribution in [1.82, 2.24) is 9.88 Å². The summed E-state index contributed by atoms with van der Waals surface area (Å²) in [4.78, 5) is 18.0. The highest BCUT2D eigenvalue weighted by Crippen LogP contribution is 2.14. The molecule has 0 radical (unpaired) electrons. The van der Waals surface area contributed by atoms with E-state index in [1.807, 2.05) is 30.3 Å². The van der Waals surface area contributed by atoms with Gasteiger partial charge in [0.2, 0.25) is 0 Å². The van der Waals surface area contributed by atoms with E-state index in [1.165, 1.54) is 0 Å². The maximum Gasteiger partial charge on any atom is 0.253 e. The highest BCUT2D eigenvalue weighted by Gasteiger charge is 2.11. The molecule has 1 amide bonds. The molecule has 1 aromatic heterocycles. The molecule has 0 aliphatic carbocycles. The van der Waals surface area contributed by atoms with Crippen LogP contribution < -0.4 is 0 Å². The molecule has 3 nitrogen and oxygen atoms in total. The van der Waals surface area contributed by atoms with Gasteiger partial charge in [-0.2, -0.15) is 0 Å². The largest absolute Gasteiger partial charge is 0.341 e. The fourth-order valence-electron chi connectivity index (χ4n) is 1.66. The van der Waals surface area contributed by atoms with E-state index in [0.717, 1.165) is 16.2 Å². The van der Waals surface area contributed by atoms with E-state index in [2.05, 4.69) is 20.9 Å². The van der Waals surface area contributed by atoms with Crippen LogP contribution in [0.25, 0.3) is 10.9 Å². The molecule has 88 valence electrons. The number of carbonyl (C=O) groups excluding carboxylic acids is 1. The lowest BCUT2D eigenvalue weighted by Crippen LogP contribution is -2.28. The third kappa shape index (κ3) is 2.64. The zero-order valence-electron chi connectivity index (χ0n) is 9.56. The lowest BCUT2D eigenvalue weighted by molar-refractivity contribution is 0.0804. The predicted octanol–water partition coefficient (Wildman–Crippen LogP) is 2.70. The summed E-state index contributed by atoms with van der Waals surface area (Å²) in [5.41, 5.74) is 1.61. The molecule has 0 saturated heterocycles. The summed E-state index contributed by atoms with van der Waals surface area (Å²) in [5, 5.41) is 1.77. The van der Waals surface area contributed by atoms with Crippen LogP contribution >= 0.6 is 15.9 Å². The van der Waals surface area contributed by atoms with Gasteiger partial charge in [0.05, 0.1) is 5.52 Å². The first-order chi connectivity index (χ1) is 8.22. The van der Waals surface area contributed by atoms with Gasteiger partial charge in [-0.05, 0) is 24.3 Å². The standard InChI is InChI=1S/C13H13BrN2O/c1-16(8-6-14)13(17)11-4-5-12-10(9-11)3-2-7-15-12/h2-5,7,9H,6,8H2,1H3. The van der Waals surface area contributed by atoms with Crippen LogP contribution in [-0.4, -0.2) is 34.7 Å². The molecule has 4 heteroatoms. The van der Waals surface area contributed by atoms with E-state index in [1.54, 1.807) is 18.1 Å². The Labute approximate surface area is 109 Å². The van der Waals surface area contributed by atoms with Gasteiger partial charge in [-0.1, -0.05) is 22.0 Å². The number of rotatable bonds is 3. The zero-order chi connectivity index (χ0) is 12.3. The summed E-state index contributed by atoms with van der Waals surface area (Å²) in [6.45, 7) is 0.698. The molecule has 0 N–H and O–H groups in total. The van der Waals surface area contributed by atoms with Crippen LogP contribution in [0.4, 0.5) is 0 Å². The van der Waals surface area contributed by atoms with Gasteiger partial charge in [0.1, 0.15) is 0 Å². The summed E-state index contributed by atoms with van der Waals surface area (Å²) < 4.78 is 0. The number of hydrogen-bond donors (Lipinski definition) is 0. The average Bonchev–Trinajstić information content (AvgIpc) is 2.37. The number of aromatic nitrogens is 1. The summed E-state index contributed by atoms with van der Waals surface area (Å²) >= 11 is 3.33. The number of amides is 1. The molecule has 1 heterocycles. The molecule has 0 saturated carbocycles. The molecule has 0 spiro atoms. The normalized spacial score (nSPS) is 10.5. The molecule has 0 unspecified atom stereocenters. The molecule has 1 aromatic carbocycles. The van der Waals surface area contributed by atoms with E-state index in [9.17, 15) is 4.79 Å². The Balaban J connectivity index is 2.33. The Hall–Kier alpha value is -1.42. The van der Waals surface area contributed by atoms with Crippen LogP contribution in [0.15, 0.2) is 36.5 Å². The number of halogens is 1. The predicted molar refractivity (Wildman–Crippen MR) is 72.5 cm³/mol. The van der Waals surface area contributed by atoms with Crippen molar-refractivity contribution in [3.63, 3.8) is 0 Å².